The molecule has 0 aliphatic rings. The summed E-state index contributed by atoms with van der Waals surface area (Å²) >= 11 is 1.32. The summed E-state index contributed by atoms with van der Waals surface area (Å²) in [4.78, 5) is 35.9. The van der Waals surface area contributed by atoms with Crippen molar-refractivity contribution in [1.29, 1.82) is 0 Å². The van der Waals surface area contributed by atoms with Crippen molar-refractivity contribution >= 4 is 49.3 Å². The van der Waals surface area contributed by atoms with E-state index in [1.165, 1.54) is 16.0 Å². The smallest absolute Gasteiger partial charge is 0.291 e. The Morgan fingerprint density at radius 1 is 1.02 bits per heavy atom. The molecule has 0 spiro atoms. The summed E-state index contributed by atoms with van der Waals surface area (Å²) in [5, 5.41) is 8.32. The second kappa shape index (κ2) is 11.9. The Labute approximate surface area is 252 Å². The van der Waals surface area contributed by atoms with Crippen molar-refractivity contribution in [2.75, 3.05) is 25.8 Å². The van der Waals surface area contributed by atoms with Crippen LogP contribution in [-0.2, 0) is 37.4 Å². The molecule has 0 saturated carbocycles. The van der Waals surface area contributed by atoms with Crippen LogP contribution in [0, 0.1) is 0 Å². The van der Waals surface area contributed by atoms with E-state index in [1.54, 1.807) is 56.7 Å². The number of benzene rings is 1. The van der Waals surface area contributed by atoms with E-state index in [9.17, 15) is 9.00 Å². The van der Waals surface area contributed by atoms with Gasteiger partial charge in [0, 0.05) is 49.3 Å². The fourth-order valence-electron chi connectivity index (χ4n) is 4.69. The predicted octanol–water partition coefficient (Wildman–Crippen LogP) is 2.93. The van der Waals surface area contributed by atoms with Crippen molar-refractivity contribution in [2.24, 2.45) is 7.05 Å². The van der Waals surface area contributed by atoms with E-state index < -0.39 is 10.8 Å². The first kappa shape index (κ1) is 28.4. The number of nitrogens with one attached hydrogen (secondary N) is 1. The summed E-state index contributed by atoms with van der Waals surface area (Å²) in [6.45, 7) is 0.629. The predicted molar refractivity (Wildman–Crippen MR) is 163 cm³/mol. The van der Waals surface area contributed by atoms with Crippen LogP contribution in [0.3, 0.4) is 0 Å². The highest BCUT2D eigenvalue weighted by atomic mass is 32.2. The Balaban J connectivity index is 1.18. The van der Waals surface area contributed by atoms with E-state index in [2.05, 4.69) is 35.3 Å². The molecule has 6 rings (SSSR count). The van der Waals surface area contributed by atoms with Crippen molar-refractivity contribution in [3.63, 3.8) is 0 Å². The van der Waals surface area contributed by atoms with Crippen LogP contribution < -0.4 is 20.3 Å². The maximum atomic E-state index is 13.4. The number of rotatable bonds is 10. The molecule has 0 saturated heterocycles. The van der Waals surface area contributed by atoms with Gasteiger partial charge in [0.15, 0.2) is 9.99 Å². The van der Waals surface area contributed by atoms with E-state index in [0.717, 1.165) is 16.0 Å². The van der Waals surface area contributed by atoms with Gasteiger partial charge in [0.2, 0.25) is 5.95 Å². The number of anilines is 1. The number of aromatic nitrogens is 8. The Bertz CT molecular complexity index is 2050. The second-order valence-electron chi connectivity index (χ2n) is 9.56. The summed E-state index contributed by atoms with van der Waals surface area (Å²) in [7, 11) is 3.80. The highest BCUT2D eigenvalue weighted by molar-refractivity contribution is 7.86. The molecular weight excluding hydrogens is 591 g/mol. The summed E-state index contributed by atoms with van der Waals surface area (Å²) in [6, 6.07) is 9.18. The average Bonchev–Trinajstić information content (AvgIpc) is 3.57. The van der Waals surface area contributed by atoms with Gasteiger partial charge in [-0.15, -0.1) is 11.3 Å². The molecule has 220 valence electrons. The molecule has 1 atom stereocenters. The van der Waals surface area contributed by atoms with Crippen LogP contribution in [0.5, 0.6) is 11.5 Å². The van der Waals surface area contributed by atoms with Crippen LogP contribution in [0.2, 0.25) is 0 Å². The maximum absolute atomic E-state index is 13.4. The van der Waals surface area contributed by atoms with Crippen molar-refractivity contribution < 1.29 is 13.7 Å². The first-order valence-electron chi connectivity index (χ1n) is 13.1. The minimum Gasteiger partial charge on any atom is -0.497 e. The van der Waals surface area contributed by atoms with Gasteiger partial charge >= 0.3 is 0 Å². The maximum Gasteiger partial charge on any atom is 0.291 e. The Morgan fingerprint density at radius 3 is 2.63 bits per heavy atom. The minimum atomic E-state index is -1.20. The van der Waals surface area contributed by atoms with E-state index in [4.69, 9.17) is 9.47 Å². The highest BCUT2D eigenvalue weighted by Gasteiger charge is 2.19. The lowest BCUT2D eigenvalue weighted by molar-refractivity contribution is 0.391. The molecule has 0 amide bonds. The molecule has 5 heterocycles. The van der Waals surface area contributed by atoms with E-state index in [-0.39, 0.29) is 12.1 Å². The first-order valence-corrected chi connectivity index (χ1v) is 15.5. The molecule has 43 heavy (non-hydrogen) atoms. The zero-order valence-electron chi connectivity index (χ0n) is 23.8. The molecule has 13 nitrogen and oxygen atoms in total. The van der Waals surface area contributed by atoms with Crippen LogP contribution in [0.4, 0.5) is 5.95 Å². The molecule has 1 N–H and O–H groups in total. The molecule has 1 aromatic carbocycles. The number of hydrogen-bond donors (Lipinski definition) is 1. The van der Waals surface area contributed by atoms with Gasteiger partial charge in [-0.2, -0.15) is 5.10 Å². The van der Waals surface area contributed by atoms with Crippen molar-refractivity contribution in [3.8, 4) is 11.5 Å². The number of aryl methyl sites for hydroxylation is 1. The van der Waals surface area contributed by atoms with Gasteiger partial charge in [-0.25, -0.2) is 29.6 Å². The summed E-state index contributed by atoms with van der Waals surface area (Å²) < 4.78 is 27.1. The summed E-state index contributed by atoms with van der Waals surface area (Å²) in [5.41, 5.74) is 3.15. The average molecular weight is 618 g/mol. The lowest BCUT2D eigenvalue weighted by Crippen LogP contribution is -2.25. The van der Waals surface area contributed by atoms with Gasteiger partial charge < -0.3 is 19.4 Å². The Kier molecular flexibility index (Phi) is 7.82. The van der Waals surface area contributed by atoms with Crippen LogP contribution in [0.15, 0.2) is 58.1 Å². The Hall–Kier alpha value is -4.76. The molecular formula is C28H27N9O4S2. The Morgan fingerprint density at radius 2 is 1.84 bits per heavy atom. The second-order valence-corrected chi connectivity index (χ2v) is 12.1. The van der Waals surface area contributed by atoms with Gasteiger partial charge in [-0.3, -0.25) is 9.00 Å². The monoisotopic (exact) mass is 617 g/mol. The lowest BCUT2D eigenvalue weighted by atomic mass is 10.2. The quantitative estimate of drug-likeness (QED) is 0.242. The van der Waals surface area contributed by atoms with Gasteiger partial charge in [0.05, 0.1) is 60.3 Å². The van der Waals surface area contributed by atoms with Crippen molar-refractivity contribution in [1.82, 2.24) is 39.3 Å². The largest absolute Gasteiger partial charge is 0.497 e. The zero-order valence-corrected chi connectivity index (χ0v) is 25.4. The number of hydrogen-bond acceptors (Lipinski definition) is 12. The van der Waals surface area contributed by atoms with Crippen LogP contribution in [0.25, 0.3) is 21.3 Å². The van der Waals surface area contributed by atoms with E-state index in [0.29, 0.717) is 62.8 Å². The van der Waals surface area contributed by atoms with Gasteiger partial charge in [-0.05, 0) is 24.3 Å². The molecule has 1 unspecified atom stereocenters. The van der Waals surface area contributed by atoms with Crippen molar-refractivity contribution in [2.45, 2.75) is 23.8 Å². The standard InChI is InChI=1S/C28H27N9O4S2/c1-36-23-20(24-25(36)35-28(42-24)43(4)39)14-32-37(26(23)38)15-18-8-9-29-22(33-18)11-17-7-10-30-27(34-17)31-13-16-5-6-19(40-2)12-21(16)41-3/h5-10,12,14H,11,13,15H2,1-4H3,(H,30,31,34). The third-order valence-electron chi connectivity index (χ3n) is 6.81. The number of thiazole rings is 1. The molecule has 0 radical (unpaired) electrons. The molecule has 0 fully saturated rings. The zero-order chi connectivity index (χ0) is 30.1. The van der Waals surface area contributed by atoms with Crippen LogP contribution in [-0.4, -0.2) is 64.0 Å². The third-order valence-corrected chi connectivity index (χ3v) is 9.22. The highest BCUT2D eigenvalue weighted by Crippen LogP contribution is 2.32. The molecule has 0 aliphatic heterocycles. The number of fused-ring (bicyclic) bond motifs is 3. The fraction of sp³-hybridized carbons (Fsp3) is 0.250. The van der Waals surface area contributed by atoms with E-state index >= 15 is 0 Å². The molecule has 5 aromatic heterocycles. The minimum absolute atomic E-state index is 0.168. The van der Waals surface area contributed by atoms with E-state index in [1.807, 2.05) is 24.3 Å². The fourth-order valence-corrected chi connectivity index (χ4v) is 6.46. The lowest BCUT2D eigenvalue weighted by Gasteiger charge is -2.11. The number of nitrogens with zero attached hydrogens (tertiary/aromatic N) is 8. The summed E-state index contributed by atoms with van der Waals surface area (Å²) in [6.07, 6.45) is 6.95. The topological polar surface area (TPSA) is 152 Å². The van der Waals surface area contributed by atoms with Crippen molar-refractivity contribution in [3.05, 3.63) is 82.1 Å². The first-order chi connectivity index (χ1) is 20.8. The third kappa shape index (κ3) is 5.68. The van der Waals surface area contributed by atoms with Gasteiger partial charge in [0.25, 0.3) is 5.56 Å². The van der Waals surface area contributed by atoms with Gasteiger partial charge in [-0.1, -0.05) is 0 Å². The normalized spacial score (nSPS) is 12.1. The van der Waals surface area contributed by atoms with Crippen LogP contribution in [0.1, 0.15) is 22.8 Å². The number of methoxy groups -OCH3 is 2. The SMILES string of the molecule is COc1ccc(CNc2nccc(Cc3nccc(Cn4ncc5c6sc(S(C)=O)nc6n(C)c5c4=O)n3)n2)c(OC)c1. The molecule has 0 bridgehead atoms. The number of ether oxygens (including phenoxy) is 2. The van der Waals surface area contributed by atoms with Gasteiger partial charge in [0.1, 0.15) is 22.8 Å². The molecule has 0 aliphatic carbocycles. The molecule has 15 heteroatoms. The van der Waals surface area contributed by atoms with Crippen LogP contribution >= 0.6 is 11.3 Å². The summed E-state index contributed by atoms with van der Waals surface area (Å²) in [5.74, 6) is 2.43. The molecule has 6 aromatic rings.